The van der Waals surface area contributed by atoms with Crippen LogP contribution in [0.3, 0.4) is 0 Å². The Morgan fingerprint density at radius 2 is 2.06 bits per heavy atom. The fourth-order valence-corrected chi connectivity index (χ4v) is 1.12. The second kappa shape index (κ2) is 5.77. The standard InChI is InChI=1S/C8H5NO2.CH4N4S/c10-7-5-3-1-2-4-6(5)9-8(7)11;2-4-1(6)5-3/h1-4H,(H,9,10,11);2H,3H2,(H,5,6). The van der Waals surface area contributed by atoms with E-state index in [0.717, 1.165) is 0 Å². The summed E-state index contributed by atoms with van der Waals surface area (Å²) < 4.78 is 0. The van der Waals surface area contributed by atoms with E-state index in [1.807, 2.05) is 5.43 Å². The molecule has 17 heavy (non-hydrogen) atoms. The van der Waals surface area contributed by atoms with Gasteiger partial charge < -0.3 is 5.32 Å². The van der Waals surface area contributed by atoms with E-state index in [9.17, 15) is 9.59 Å². The highest BCUT2D eigenvalue weighted by molar-refractivity contribution is 7.80. The Hall–Kier alpha value is -2.19. The number of nitrogens with one attached hydrogen (secondary N) is 3. The quantitative estimate of drug-likeness (QED) is 0.177. The molecule has 8 heteroatoms. The van der Waals surface area contributed by atoms with Gasteiger partial charge in [-0.15, -0.1) is 5.11 Å². The first-order valence-electron chi connectivity index (χ1n) is 4.43. The summed E-state index contributed by atoms with van der Waals surface area (Å²) in [4.78, 5) is 21.8. The molecule has 0 radical (unpaired) electrons. The van der Waals surface area contributed by atoms with Gasteiger partial charge in [0, 0.05) is 0 Å². The number of para-hydroxylation sites is 1. The Morgan fingerprint density at radius 1 is 1.41 bits per heavy atom. The number of hydrogen-bond donors (Lipinski definition) is 4. The van der Waals surface area contributed by atoms with Gasteiger partial charge in [0.25, 0.3) is 11.7 Å². The monoisotopic (exact) mass is 251 g/mol. The SMILES string of the molecule is N=NC(=S)NN.O=C1Nc2ccccc2C1=O. The third-order valence-electron chi connectivity index (χ3n) is 1.85. The molecule has 0 spiro atoms. The Balaban J connectivity index is 0.000000209. The Labute approximate surface area is 102 Å². The lowest BCUT2D eigenvalue weighted by Crippen LogP contribution is -2.26. The minimum Gasteiger partial charge on any atom is -0.318 e. The van der Waals surface area contributed by atoms with Gasteiger partial charge in [0.2, 0.25) is 5.11 Å². The Kier molecular flexibility index (Phi) is 4.37. The lowest BCUT2D eigenvalue weighted by molar-refractivity contribution is -0.112. The van der Waals surface area contributed by atoms with Crippen LogP contribution in [0, 0.1) is 5.53 Å². The van der Waals surface area contributed by atoms with Crippen LogP contribution in [-0.2, 0) is 4.79 Å². The number of anilines is 1. The molecule has 2 rings (SSSR count). The molecule has 0 aliphatic carbocycles. The summed E-state index contributed by atoms with van der Waals surface area (Å²) in [5.74, 6) is 3.70. The normalized spacial score (nSPS) is 11.8. The minimum atomic E-state index is -0.536. The van der Waals surface area contributed by atoms with Gasteiger partial charge in [-0.3, -0.25) is 15.0 Å². The first-order chi connectivity index (χ1) is 8.10. The molecule has 1 aliphatic rings. The number of Topliss-reactive ketones (excluding diaryl/α,β-unsaturated/α-hetero) is 1. The maximum absolute atomic E-state index is 11.0. The highest BCUT2D eigenvalue weighted by Crippen LogP contribution is 2.21. The number of nitrogens with zero attached hydrogens (tertiary/aromatic N) is 1. The second-order valence-electron chi connectivity index (χ2n) is 2.89. The van der Waals surface area contributed by atoms with E-state index in [1.165, 1.54) is 0 Å². The van der Waals surface area contributed by atoms with E-state index in [1.54, 1.807) is 24.3 Å². The van der Waals surface area contributed by atoms with Crippen molar-refractivity contribution in [1.82, 2.24) is 5.43 Å². The smallest absolute Gasteiger partial charge is 0.296 e. The van der Waals surface area contributed by atoms with E-state index < -0.39 is 11.7 Å². The number of ketones is 1. The van der Waals surface area contributed by atoms with Crippen molar-refractivity contribution in [3.8, 4) is 0 Å². The lowest BCUT2D eigenvalue weighted by atomic mass is 10.1. The molecule has 0 atom stereocenters. The number of carbonyl (C=O) groups is 2. The van der Waals surface area contributed by atoms with Gasteiger partial charge in [-0.1, -0.05) is 12.1 Å². The van der Waals surface area contributed by atoms with E-state index in [0.29, 0.717) is 11.3 Å². The molecule has 0 unspecified atom stereocenters. The number of hydrogen-bond acceptors (Lipinski definition) is 5. The van der Waals surface area contributed by atoms with Crippen molar-refractivity contribution in [1.29, 1.82) is 5.53 Å². The molecular formula is C9H9N5O2S. The fraction of sp³-hybridized carbons (Fsp3) is 0. The van der Waals surface area contributed by atoms with Gasteiger partial charge in [-0.25, -0.2) is 11.4 Å². The molecule has 1 aromatic carbocycles. The van der Waals surface area contributed by atoms with E-state index >= 15 is 0 Å². The van der Waals surface area contributed by atoms with Crippen molar-refractivity contribution < 1.29 is 9.59 Å². The number of hydrazine groups is 1. The third kappa shape index (κ3) is 3.13. The molecule has 1 aliphatic heterocycles. The molecule has 7 nitrogen and oxygen atoms in total. The van der Waals surface area contributed by atoms with Crippen LogP contribution in [0.2, 0.25) is 0 Å². The van der Waals surface area contributed by atoms with Gasteiger partial charge in [-0.2, -0.15) is 0 Å². The number of rotatable bonds is 0. The summed E-state index contributed by atoms with van der Waals surface area (Å²) in [7, 11) is 0. The highest BCUT2D eigenvalue weighted by Gasteiger charge is 2.26. The van der Waals surface area contributed by atoms with Gasteiger partial charge in [0.1, 0.15) is 0 Å². The Bertz CT molecular complexity index is 488. The molecule has 5 N–H and O–H groups in total. The van der Waals surface area contributed by atoms with Crippen molar-refractivity contribution in [2.45, 2.75) is 0 Å². The van der Waals surface area contributed by atoms with Crippen LogP contribution in [0.4, 0.5) is 5.69 Å². The maximum atomic E-state index is 11.0. The van der Waals surface area contributed by atoms with Crippen LogP contribution >= 0.6 is 12.2 Å². The zero-order valence-corrected chi connectivity index (χ0v) is 9.38. The molecular weight excluding hydrogens is 242 g/mol. The average molecular weight is 251 g/mol. The molecule has 0 saturated carbocycles. The zero-order chi connectivity index (χ0) is 12.8. The molecule has 0 bridgehead atoms. The van der Waals surface area contributed by atoms with Gasteiger partial charge in [0.05, 0.1) is 11.3 Å². The van der Waals surface area contributed by atoms with E-state index in [-0.39, 0.29) is 5.11 Å². The van der Waals surface area contributed by atoms with Crippen LogP contribution in [-0.4, -0.2) is 16.8 Å². The number of benzene rings is 1. The van der Waals surface area contributed by atoms with Crippen molar-refractivity contribution in [2.75, 3.05) is 5.32 Å². The van der Waals surface area contributed by atoms with Crippen LogP contribution in [0.1, 0.15) is 10.4 Å². The highest BCUT2D eigenvalue weighted by atomic mass is 32.1. The molecule has 1 aromatic rings. The molecule has 0 aromatic heterocycles. The molecule has 0 saturated heterocycles. The van der Waals surface area contributed by atoms with Crippen LogP contribution in [0.15, 0.2) is 29.4 Å². The summed E-state index contributed by atoms with van der Waals surface area (Å²) in [6.45, 7) is 0. The van der Waals surface area contributed by atoms with E-state index in [2.05, 4.69) is 28.5 Å². The second-order valence-corrected chi connectivity index (χ2v) is 3.28. The van der Waals surface area contributed by atoms with Crippen molar-refractivity contribution >= 4 is 34.7 Å². The number of thiocarbonyl (C=S) groups is 1. The summed E-state index contributed by atoms with van der Waals surface area (Å²) in [6, 6.07) is 6.85. The predicted octanol–water partition coefficient (Wildman–Crippen LogP) is 0.587. The summed E-state index contributed by atoms with van der Waals surface area (Å²) in [6.07, 6.45) is 0. The molecule has 1 heterocycles. The number of amides is 1. The molecule has 88 valence electrons. The van der Waals surface area contributed by atoms with Crippen LogP contribution < -0.4 is 16.6 Å². The summed E-state index contributed by atoms with van der Waals surface area (Å²) in [5, 5.41) is 5.21. The fourth-order valence-electron chi connectivity index (χ4n) is 1.12. The van der Waals surface area contributed by atoms with Crippen molar-refractivity contribution in [3.63, 3.8) is 0 Å². The van der Waals surface area contributed by atoms with Crippen molar-refractivity contribution in [2.24, 2.45) is 11.0 Å². The predicted molar refractivity (Wildman–Crippen MR) is 64.5 cm³/mol. The summed E-state index contributed by atoms with van der Waals surface area (Å²) >= 11 is 4.27. The van der Waals surface area contributed by atoms with Gasteiger partial charge in [0.15, 0.2) is 0 Å². The Morgan fingerprint density at radius 3 is 2.53 bits per heavy atom. The topological polar surface area (TPSA) is 120 Å². The van der Waals surface area contributed by atoms with Gasteiger partial charge in [-0.05, 0) is 24.4 Å². The minimum absolute atomic E-state index is 0.00463. The number of nitrogens with two attached hydrogens (primary N) is 1. The largest absolute Gasteiger partial charge is 0.318 e. The average Bonchev–Trinajstić information content (AvgIpc) is 2.65. The number of carbonyl (C=O) groups excluding carboxylic acids is 2. The van der Waals surface area contributed by atoms with Crippen molar-refractivity contribution in [3.05, 3.63) is 29.8 Å². The first-order valence-corrected chi connectivity index (χ1v) is 4.83. The first kappa shape index (κ1) is 12.9. The van der Waals surface area contributed by atoms with Gasteiger partial charge >= 0.3 is 0 Å². The molecule has 0 fully saturated rings. The van der Waals surface area contributed by atoms with Crippen LogP contribution in [0.5, 0.6) is 0 Å². The summed E-state index contributed by atoms with van der Waals surface area (Å²) in [5.41, 5.74) is 9.23. The third-order valence-corrected chi connectivity index (χ3v) is 2.06. The van der Waals surface area contributed by atoms with E-state index in [4.69, 9.17) is 5.53 Å². The van der Waals surface area contributed by atoms with Crippen LogP contribution in [0.25, 0.3) is 0 Å². The zero-order valence-electron chi connectivity index (χ0n) is 8.56. The lowest BCUT2D eigenvalue weighted by Gasteiger charge is -1.91. The number of fused-ring (bicyclic) bond motifs is 1. The maximum Gasteiger partial charge on any atom is 0.296 e. The molecule has 1 amide bonds.